The highest BCUT2D eigenvalue weighted by atomic mass is 16.2. The number of carbonyl (C=O) groups is 1. The average molecular weight is 210 g/mol. The molecule has 0 aromatic carbocycles. The quantitative estimate of drug-likeness (QED) is 0.721. The van der Waals surface area contributed by atoms with E-state index in [2.05, 4.69) is 22.4 Å². The van der Waals surface area contributed by atoms with Crippen molar-refractivity contribution in [2.75, 3.05) is 13.6 Å². The molecule has 1 aromatic heterocycles. The fraction of sp³-hybridized carbons (Fsp3) is 0.600. The molecule has 15 heavy (non-hydrogen) atoms. The minimum absolute atomic E-state index is 0.0374. The second kappa shape index (κ2) is 6.06. The number of rotatable bonds is 5. The summed E-state index contributed by atoms with van der Waals surface area (Å²) in [7, 11) is 1.77. The molecule has 0 bridgehead atoms. The molecule has 0 fully saturated rings. The Bertz CT molecular complexity index is 284. The highest BCUT2D eigenvalue weighted by Crippen LogP contribution is 1.99. The Morgan fingerprint density at radius 2 is 2.47 bits per heavy atom. The molecule has 0 unspecified atom stereocenters. The van der Waals surface area contributed by atoms with Gasteiger partial charge in [-0.15, -0.1) is 0 Å². The second-order valence-electron chi connectivity index (χ2n) is 3.55. The lowest BCUT2D eigenvalue weighted by atomic mass is 10.3. The van der Waals surface area contributed by atoms with E-state index in [4.69, 9.17) is 0 Å². The van der Waals surface area contributed by atoms with Gasteiger partial charge in [-0.05, 0) is 6.42 Å². The van der Waals surface area contributed by atoms with Gasteiger partial charge in [0, 0.05) is 25.4 Å². The maximum atomic E-state index is 11.5. The van der Waals surface area contributed by atoms with E-state index in [9.17, 15) is 4.79 Å². The van der Waals surface area contributed by atoms with E-state index in [1.807, 2.05) is 0 Å². The summed E-state index contributed by atoms with van der Waals surface area (Å²) in [5, 5.41) is 9.40. The summed E-state index contributed by atoms with van der Waals surface area (Å²) in [6.45, 7) is 3.42. The van der Waals surface area contributed by atoms with Gasteiger partial charge in [0.15, 0.2) is 0 Å². The molecule has 0 aliphatic heterocycles. The molecule has 84 valence electrons. The first-order chi connectivity index (χ1) is 7.24. The average Bonchev–Trinajstić information content (AvgIpc) is 2.70. The smallest absolute Gasteiger partial charge is 0.317 e. The Balaban J connectivity index is 2.27. The predicted molar refractivity (Wildman–Crippen MR) is 58.4 cm³/mol. The van der Waals surface area contributed by atoms with Gasteiger partial charge in [0.25, 0.3) is 0 Å². The fourth-order valence-electron chi connectivity index (χ4n) is 1.22. The molecule has 0 saturated carbocycles. The lowest BCUT2D eigenvalue weighted by Gasteiger charge is -2.16. The third kappa shape index (κ3) is 4.01. The summed E-state index contributed by atoms with van der Waals surface area (Å²) < 4.78 is 0. The van der Waals surface area contributed by atoms with Crippen molar-refractivity contribution < 1.29 is 4.79 Å². The number of aromatic nitrogens is 2. The Morgan fingerprint density at radius 3 is 3.07 bits per heavy atom. The van der Waals surface area contributed by atoms with Gasteiger partial charge in [-0.25, -0.2) is 4.79 Å². The summed E-state index contributed by atoms with van der Waals surface area (Å²) in [5.41, 5.74) is 1.00. The molecule has 2 amide bonds. The normalized spacial score (nSPS) is 10.0. The molecule has 0 atom stereocenters. The first-order valence-electron chi connectivity index (χ1n) is 5.20. The second-order valence-corrected chi connectivity index (χ2v) is 3.55. The molecule has 0 radical (unpaired) electrons. The van der Waals surface area contributed by atoms with Gasteiger partial charge in [0.1, 0.15) is 0 Å². The number of hydrogen-bond donors (Lipinski definition) is 2. The van der Waals surface area contributed by atoms with Gasteiger partial charge in [-0.1, -0.05) is 13.3 Å². The Morgan fingerprint density at radius 1 is 1.67 bits per heavy atom. The summed E-state index contributed by atoms with van der Waals surface area (Å²) >= 11 is 0. The highest BCUT2D eigenvalue weighted by molar-refractivity contribution is 5.73. The van der Waals surface area contributed by atoms with Crippen LogP contribution in [0.3, 0.4) is 0 Å². The van der Waals surface area contributed by atoms with E-state index in [0.29, 0.717) is 6.54 Å². The third-order valence-corrected chi connectivity index (χ3v) is 2.13. The zero-order valence-electron chi connectivity index (χ0n) is 9.29. The number of H-pyrrole nitrogens is 1. The van der Waals surface area contributed by atoms with E-state index < -0.39 is 0 Å². The molecule has 5 heteroatoms. The predicted octanol–water partition coefficient (Wildman–Crippen LogP) is 1.35. The van der Waals surface area contributed by atoms with Gasteiger partial charge in [0.05, 0.1) is 12.7 Å². The van der Waals surface area contributed by atoms with Crippen LogP contribution in [0.4, 0.5) is 4.79 Å². The number of carbonyl (C=O) groups excluding carboxylic acids is 1. The minimum Gasteiger partial charge on any atom is -0.338 e. The molecule has 0 spiro atoms. The van der Waals surface area contributed by atoms with Crippen LogP contribution < -0.4 is 5.32 Å². The Hall–Kier alpha value is -1.52. The van der Waals surface area contributed by atoms with Gasteiger partial charge in [0.2, 0.25) is 0 Å². The van der Waals surface area contributed by atoms with E-state index in [0.717, 1.165) is 24.9 Å². The van der Waals surface area contributed by atoms with Crippen LogP contribution in [0.15, 0.2) is 12.4 Å². The molecule has 2 N–H and O–H groups in total. The monoisotopic (exact) mass is 210 g/mol. The number of amides is 2. The molecule has 5 nitrogen and oxygen atoms in total. The topological polar surface area (TPSA) is 61.0 Å². The van der Waals surface area contributed by atoms with Gasteiger partial charge >= 0.3 is 6.03 Å². The Labute approximate surface area is 89.9 Å². The lowest BCUT2D eigenvalue weighted by Crippen LogP contribution is -2.37. The van der Waals surface area contributed by atoms with Crippen molar-refractivity contribution in [3.05, 3.63) is 18.0 Å². The van der Waals surface area contributed by atoms with Crippen molar-refractivity contribution in [3.8, 4) is 0 Å². The van der Waals surface area contributed by atoms with Crippen molar-refractivity contribution in [2.24, 2.45) is 0 Å². The number of nitrogens with one attached hydrogen (secondary N) is 2. The largest absolute Gasteiger partial charge is 0.338 e. The van der Waals surface area contributed by atoms with Crippen LogP contribution in [0.1, 0.15) is 25.3 Å². The van der Waals surface area contributed by atoms with Crippen LogP contribution in [-0.4, -0.2) is 34.7 Å². The number of hydrogen-bond acceptors (Lipinski definition) is 2. The SMILES string of the molecule is CCCCNC(=O)N(C)Cc1cn[nH]c1. The molecular formula is C10H18N4O. The summed E-state index contributed by atoms with van der Waals surface area (Å²) in [5.74, 6) is 0. The third-order valence-electron chi connectivity index (χ3n) is 2.13. The van der Waals surface area contributed by atoms with Crippen LogP contribution in [0.2, 0.25) is 0 Å². The zero-order valence-corrected chi connectivity index (χ0v) is 9.29. The van der Waals surface area contributed by atoms with Crippen LogP contribution in [-0.2, 0) is 6.54 Å². The Kier molecular flexibility index (Phi) is 4.66. The summed E-state index contributed by atoms with van der Waals surface area (Å²) in [6.07, 6.45) is 5.61. The van der Waals surface area contributed by atoms with E-state index in [-0.39, 0.29) is 6.03 Å². The molecule has 1 rings (SSSR count). The molecular weight excluding hydrogens is 192 g/mol. The van der Waals surface area contributed by atoms with Crippen LogP contribution in [0.25, 0.3) is 0 Å². The van der Waals surface area contributed by atoms with Crippen molar-refractivity contribution in [1.29, 1.82) is 0 Å². The van der Waals surface area contributed by atoms with Crippen LogP contribution in [0.5, 0.6) is 0 Å². The highest BCUT2D eigenvalue weighted by Gasteiger charge is 2.07. The van der Waals surface area contributed by atoms with E-state index in [1.165, 1.54) is 0 Å². The van der Waals surface area contributed by atoms with E-state index in [1.54, 1.807) is 24.3 Å². The molecule has 0 aliphatic carbocycles. The summed E-state index contributed by atoms with van der Waals surface area (Å²) in [4.78, 5) is 13.2. The maximum absolute atomic E-state index is 11.5. The van der Waals surface area contributed by atoms with Crippen molar-refractivity contribution in [2.45, 2.75) is 26.3 Å². The van der Waals surface area contributed by atoms with E-state index >= 15 is 0 Å². The first-order valence-corrected chi connectivity index (χ1v) is 5.20. The van der Waals surface area contributed by atoms with Crippen molar-refractivity contribution >= 4 is 6.03 Å². The van der Waals surface area contributed by atoms with Crippen LogP contribution in [0, 0.1) is 0 Å². The molecule has 1 aromatic rings. The molecule has 0 aliphatic rings. The fourth-order valence-corrected chi connectivity index (χ4v) is 1.22. The number of aromatic amines is 1. The lowest BCUT2D eigenvalue weighted by molar-refractivity contribution is 0.207. The molecule has 0 saturated heterocycles. The maximum Gasteiger partial charge on any atom is 0.317 e. The molecule has 1 heterocycles. The van der Waals surface area contributed by atoms with Gasteiger partial charge in [-0.3, -0.25) is 5.10 Å². The zero-order chi connectivity index (χ0) is 11.1. The first kappa shape index (κ1) is 11.6. The number of urea groups is 1. The van der Waals surface area contributed by atoms with Crippen molar-refractivity contribution in [3.63, 3.8) is 0 Å². The van der Waals surface area contributed by atoms with Crippen molar-refractivity contribution in [1.82, 2.24) is 20.4 Å². The van der Waals surface area contributed by atoms with Crippen LogP contribution >= 0.6 is 0 Å². The van der Waals surface area contributed by atoms with Gasteiger partial charge in [-0.2, -0.15) is 5.10 Å². The number of unbranched alkanes of at least 4 members (excludes halogenated alkanes) is 1. The standard InChI is InChI=1S/C10H18N4O/c1-3-4-5-11-10(15)14(2)8-9-6-12-13-7-9/h6-7H,3-5,8H2,1-2H3,(H,11,15)(H,12,13). The summed E-state index contributed by atoms with van der Waals surface area (Å²) in [6, 6.07) is -0.0374. The minimum atomic E-state index is -0.0374. The number of nitrogens with zero attached hydrogens (tertiary/aromatic N) is 2. The van der Waals surface area contributed by atoms with Gasteiger partial charge < -0.3 is 10.2 Å².